The summed E-state index contributed by atoms with van der Waals surface area (Å²) in [5.41, 5.74) is 6.50. The summed E-state index contributed by atoms with van der Waals surface area (Å²) in [6, 6.07) is 1.99. The molecule has 1 aromatic heterocycles. The van der Waals surface area contributed by atoms with Gasteiger partial charge in [0.1, 0.15) is 0 Å². The highest BCUT2D eigenvalue weighted by Gasteiger charge is 2.24. The molecule has 1 atom stereocenters. The lowest BCUT2D eigenvalue weighted by atomic mass is 10.3. The van der Waals surface area contributed by atoms with Crippen LogP contribution in [0.5, 0.6) is 0 Å². The Labute approximate surface area is 83.3 Å². The average Bonchev–Trinajstić information content (AvgIpc) is 2.73. The van der Waals surface area contributed by atoms with E-state index in [2.05, 4.69) is 0 Å². The van der Waals surface area contributed by atoms with E-state index in [1.54, 1.807) is 0 Å². The molecule has 0 spiro atoms. The van der Waals surface area contributed by atoms with Crippen LogP contribution in [0.15, 0.2) is 18.5 Å². The number of nitrogens with two attached hydrogens (primary N) is 1. The maximum atomic E-state index is 11.9. The minimum atomic E-state index is 0.0959. The normalized spacial score (nSPS) is 21.6. The fraction of sp³-hybridized carbons (Fsp3) is 0.500. The molecule has 1 aliphatic heterocycles. The summed E-state index contributed by atoms with van der Waals surface area (Å²) in [5.74, 6) is 0.0959. The summed E-state index contributed by atoms with van der Waals surface area (Å²) in [5, 5.41) is 0. The van der Waals surface area contributed by atoms with Crippen molar-refractivity contribution in [1.29, 1.82) is 0 Å². The van der Waals surface area contributed by atoms with Gasteiger partial charge in [0.05, 0.1) is 5.56 Å². The first-order valence-corrected chi connectivity index (χ1v) is 4.83. The quantitative estimate of drug-likeness (QED) is 0.692. The highest BCUT2D eigenvalue weighted by atomic mass is 16.2. The van der Waals surface area contributed by atoms with Gasteiger partial charge in [0.15, 0.2) is 0 Å². The summed E-state index contributed by atoms with van der Waals surface area (Å²) in [6.07, 6.45) is 4.63. The summed E-state index contributed by atoms with van der Waals surface area (Å²) >= 11 is 0. The first kappa shape index (κ1) is 9.27. The Morgan fingerprint density at radius 1 is 1.64 bits per heavy atom. The number of hydrogen-bond donors (Lipinski definition) is 1. The maximum Gasteiger partial charge on any atom is 0.255 e. The van der Waals surface area contributed by atoms with Crippen molar-refractivity contribution in [2.45, 2.75) is 12.5 Å². The van der Waals surface area contributed by atoms with E-state index in [1.165, 1.54) is 0 Å². The van der Waals surface area contributed by atoms with E-state index >= 15 is 0 Å². The molecule has 2 N–H and O–H groups in total. The third-order valence-electron chi connectivity index (χ3n) is 2.59. The molecule has 1 amide bonds. The Morgan fingerprint density at radius 2 is 2.43 bits per heavy atom. The molecule has 4 nitrogen and oxygen atoms in total. The molecule has 1 fully saturated rings. The number of carbonyl (C=O) groups is 1. The molecular formula is C10H15N3O. The first-order chi connectivity index (χ1) is 6.66. The molecule has 1 aromatic rings. The largest absolute Gasteiger partial charge is 0.356 e. The minimum absolute atomic E-state index is 0.0959. The Kier molecular flexibility index (Phi) is 2.29. The van der Waals surface area contributed by atoms with Crippen LogP contribution in [0.25, 0.3) is 0 Å². The lowest BCUT2D eigenvalue weighted by Crippen LogP contribution is -2.31. The van der Waals surface area contributed by atoms with E-state index in [4.69, 9.17) is 5.73 Å². The third-order valence-corrected chi connectivity index (χ3v) is 2.59. The van der Waals surface area contributed by atoms with Gasteiger partial charge in [-0.3, -0.25) is 4.79 Å². The van der Waals surface area contributed by atoms with Gasteiger partial charge >= 0.3 is 0 Å². The highest BCUT2D eigenvalue weighted by molar-refractivity contribution is 5.94. The van der Waals surface area contributed by atoms with Crippen LogP contribution in [0.1, 0.15) is 16.8 Å². The second-order valence-corrected chi connectivity index (χ2v) is 3.87. The van der Waals surface area contributed by atoms with E-state index in [-0.39, 0.29) is 11.9 Å². The SMILES string of the molecule is Cn1ccc(C(=O)N2CCC(N)C2)c1. The average molecular weight is 193 g/mol. The van der Waals surface area contributed by atoms with Gasteiger partial charge in [-0.2, -0.15) is 0 Å². The lowest BCUT2D eigenvalue weighted by Gasteiger charge is -2.14. The monoisotopic (exact) mass is 193 g/mol. The molecule has 1 unspecified atom stereocenters. The van der Waals surface area contributed by atoms with Gasteiger partial charge in [-0.15, -0.1) is 0 Å². The van der Waals surface area contributed by atoms with E-state index in [1.807, 2.05) is 35.0 Å². The van der Waals surface area contributed by atoms with Gasteiger partial charge in [0.2, 0.25) is 0 Å². The topological polar surface area (TPSA) is 51.3 Å². The van der Waals surface area contributed by atoms with Crippen molar-refractivity contribution in [2.75, 3.05) is 13.1 Å². The molecule has 1 saturated heterocycles. The first-order valence-electron chi connectivity index (χ1n) is 4.83. The van der Waals surface area contributed by atoms with Crippen LogP contribution in [-0.2, 0) is 7.05 Å². The molecule has 4 heteroatoms. The van der Waals surface area contributed by atoms with Gasteiger partial charge in [0.25, 0.3) is 5.91 Å². The van der Waals surface area contributed by atoms with Crippen LogP contribution in [0.4, 0.5) is 0 Å². The molecule has 0 aliphatic carbocycles. The minimum Gasteiger partial charge on any atom is -0.356 e. The Balaban J connectivity index is 2.09. The van der Waals surface area contributed by atoms with Crippen LogP contribution in [0.2, 0.25) is 0 Å². The van der Waals surface area contributed by atoms with Crippen LogP contribution in [0, 0.1) is 0 Å². The Hall–Kier alpha value is -1.29. The zero-order chi connectivity index (χ0) is 10.1. The second-order valence-electron chi connectivity index (χ2n) is 3.87. The maximum absolute atomic E-state index is 11.9. The standard InChI is InChI=1S/C10H15N3O/c1-12-4-2-8(6-12)10(14)13-5-3-9(11)7-13/h2,4,6,9H,3,5,7,11H2,1H3. The fourth-order valence-corrected chi connectivity index (χ4v) is 1.78. The fourth-order valence-electron chi connectivity index (χ4n) is 1.78. The number of carbonyl (C=O) groups excluding carboxylic acids is 1. The van der Waals surface area contributed by atoms with Crippen molar-refractivity contribution < 1.29 is 4.79 Å². The molecule has 1 aliphatic rings. The Morgan fingerprint density at radius 3 is 2.93 bits per heavy atom. The number of nitrogens with zero attached hydrogens (tertiary/aromatic N) is 2. The zero-order valence-corrected chi connectivity index (χ0v) is 8.31. The number of amides is 1. The number of aryl methyl sites for hydroxylation is 1. The summed E-state index contributed by atoms with van der Waals surface area (Å²) < 4.78 is 1.88. The summed E-state index contributed by atoms with van der Waals surface area (Å²) in [7, 11) is 1.91. The van der Waals surface area contributed by atoms with Crippen molar-refractivity contribution in [2.24, 2.45) is 12.8 Å². The van der Waals surface area contributed by atoms with Crippen molar-refractivity contribution >= 4 is 5.91 Å². The number of rotatable bonds is 1. The molecule has 76 valence electrons. The molecule has 0 bridgehead atoms. The van der Waals surface area contributed by atoms with E-state index in [9.17, 15) is 4.79 Å². The predicted octanol–water partition coefficient (Wildman–Crippen LogP) is 0.198. The van der Waals surface area contributed by atoms with E-state index < -0.39 is 0 Å². The number of likely N-dealkylation sites (tertiary alicyclic amines) is 1. The van der Waals surface area contributed by atoms with Crippen LogP contribution >= 0.6 is 0 Å². The Bertz CT molecular complexity index is 345. The van der Waals surface area contributed by atoms with E-state index in [0.717, 1.165) is 18.5 Å². The summed E-state index contributed by atoms with van der Waals surface area (Å²) in [6.45, 7) is 1.47. The molecule has 2 heterocycles. The highest BCUT2D eigenvalue weighted by Crippen LogP contribution is 2.12. The van der Waals surface area contributed by atoms with Crippen molar-refractivity contribution in [3.63, 3.8) is 0 Å². The summed E-state index contributed by atoms with van der Waals surface area (Å²) in [4.78, 5) is 13.7. The molecule has 0 saturated carbocycles. The van der Waals surface area contributed by atoms with Gasteiger partial charge in [-0.1, -0.05) is 0 Å². The van der Waals surface area contributed by atoms with Crippen molar-refractivity contribution in [3.05, 3.63) is 24.0 Å². The lowest BCUT2D eigenvalue weighted by molar-refractivity contribution is 0.0791. The molecule has 14 heavy (non-hydrogen) atoms. The number of aromatic nitrogens is 1. The number of hydrogen-bond acceptors (Lipinski definition) is 2. The molecule has 0 aromatic carbocycles. The predicted molar refractivity (Wildman–Crippen MR) is 53.9 cm³/mol. The van der Waals surface area contributed by atoms with Crippen LogP contribution in [-0.4, -0.2) is 34.5 Å². The van der Waals surface area contributed by atoms with Crippen LogP contribution in [0.3, 0.4) is 0 Å². The molecular weight excluding hydrogens is 178 g/mol. The van der Waals surface area contributed by atoms with E-state index in [0.29, 0.717) is 6.54 Å². The van der Waals surface area contributed by atoms with Crippen molar-refractivity contribution in [1.82, 2.24) is 9.47 Å². The molecule has 2 rings (SSSR count). The van der Waals surface area contributed by atoms with Gasteiger partial charge < -0.3 is 15.2 Å². The molecule has 0 radical (unpaired) electrons. The smallest absolute Gasteiger partial charge is 0.255 e. The second kappa shape index (κ2) is 3.46. The van der Waals surface area contributed by atoms with Crippen molar-refractivity contribution in [3.8, 4) is 0 Å². The van der Waals surface area contributed by atoms with Gasteiger partial charge in [-0.05, 0) is 12.5 Å². The zero-order valence-electron chi connectivity index (χ0n) is 8.31. The van der Waals surface area contributed by atoms with Gasteiger partial charge in [0, 0.05) is 38.6 Å². The van der Waals surface area contributed by atoms with Crippen LogP contribution < -0.4 is 5.73 Å². The van der Waals surface area contributed by atoms with Gasteiger partial charge in [-0.25, -0.2) is 0 Å². The third kappa shape index (κ3) is 1.65.